The lowest BCUT2D eigenvalue weighted by Gasteiger charge is -2.25. The molecule has 1 aliphatic heterocycles. The van der Waals surface area contributed by atoms with Gasteiger partial charge in [-0.05, 0) is 49.4 Å². The number of hydrazine groups is 1. The average Bonchev–Trinajstić information content (AvgIpc) is 3.60. The molecule has 0 unspecified atom stereocenters. The van der Waals surface area contributed by atoms with Crippen LogP contribution in [-0.2, 0) is 25.8 Å². The van der Waals surface area contributed by atoms with Crippen molar-refractivity contribution < 1.29 is 50.8 Å². The van der Waals surface area contributed by atoms with Crippen LogP contribution in [0.2, 0.25) is 0 Å². The van der Waals surface area contributed by atoms with E-state index in [9.17, 15) is 41.2 Å². The molecule has 2 N–H and O–H groups in total. The summed E-state index contributed by atoms with van der Waals surface area (Å²) in [7, 11) is -3.15. The van der Waals surface area contributed by atoms with E-state index in [1.54, 1.807) is 41.1 Å². The number of likely N-dealkylation sites (N-methyl/N-ethyl adjacent to an activating group) is 1. The average molecular weight is 689 g/mol. The molecule has 3 aromatic carbocycles. The summed E-state index contributed by atoms with van der Waals surface area (Å²) in [5.74, 6) is -1.21. The lowest BCUT2D eigenvalue weighted by atomic mass is 10.1. The molecule has 0 atom stereocenters. The lowest BCUT2D eigenvalue weighted by Crippen LogP contribution is -2.43. The van der Waals surface area contributed by atoms with Crippen molar-refractivity contribution in [2.24, 2.45) is 0 Å². The Kier molecular flexibility index (Phi) is 9.64. The molecule has 0 radical (unpaired) electrons. The van der Waals surface area contributed by atoms with Crippen LogP contribution in [0.25, 0.3) is 16.9 Å². The van der Waals surface area contributed by atoms with Gasteiger partial charge < -0.3 is 4.74 Å². The fourth-order valence-corrected chi connectivity index (χ4v) is 5.42. The summed E-state index contributed by atoms with van der Waals surface area (Å²) >= 11 is 0. The monoisotopic (exact) mass is 688 g/mol. The number of hydrogen-bond acceptors (Lipinski definition) is 11. The first kappa shape index (κ1) is 34.2. The molecule has 0 fully saturated rings. The molecule has 252 valence electrons. The van der Waals surface area contributed by atoms with Crippen LogP contribution in [0.5, 0.6) is 0 Å². The summed E-state index contributed by atoms with van der Waals surface area (Å²) in [5.41, 5.74) is 0.856. The van der Waals surface area contributed by atoms with Gasteiger partial charge in [0.2, 0.25) is 0 Å². The van der Waals surface area contributed by atoms with Gasteiger partial charge in [-0.1, -0.05) is 42.0 Å². The van der Waals surface area contributed by atoms with Gasteiger partial charge in [-0.25, -0.2) is 32.4 Å². The van der Waals surface area contributed by atoms with E-state index in [0.29, 0.717) is 5.56 Å². The highest BCUT2D eigenvalue weighted by atomic mass is 32.2. The molecule has 0 bridgehead atoms. The van der Waals surface area contributed by atoms with Crippen molar-refractivity contribution >= 4 is 27.9 Å². The Hall–Kier alpha value is -5.14. The van der Waals surface area contributed by atoms with Crippen molar-refractivity contribution in [1.82, 2.24) is 29.7 Å². The number of aromatic nitrogens is 2. The lowest BCUT2D eigenvalue weighted by molar-refractivity contribution is -0.441. The number of carbonyl (C=O) groups excluding carboxylic acids is 3. The predicted octanol–water partition coefficient (Wildman–Crippen LogP) is 4.00. The minimum atomic E-state index is -4.72. The van der Waals surface area contributed by atoms with Gasteiger partial charge in [0.25, 0.3) is 21.8 Å². The maximum atomic E-state index is 13.5. The van der Waals surface area contributed by atoms with Crippen LogP contribution in [0.4, 0.5) is 18.0 Å². The second-order valence-electron chi connectivity index (χ2n) is 10.4. The van der Waals surface area contributed by atoms with E-state index in [1.165, 1.54) is 31.3 Å². The summed E-state index contributed by atoms with van der Waals surface area (Å²) in [6.45, 7) is 0.553. The second kappa shape index (κ2) is 13.5. The molecule has 14 nitrogen and oxygen atoms in total. The van der Waals surface area contributed by atoms with Crippen LogP contribution in [0.15, 0.2) is 83.8 Å². The first-order chi connectivity index (χ1) is 22.7. The third-order valence-corrected chi connectivity index (χ3v) is 8.41. The number of nitrogens with one attached hydrogen (secondary N) is 1. The topological polar surface area (TPSA) is 164 Å². The van der Waals surface area contributed by atoms with Crippen LogP contribution in [0.3, 0.4) is 0 Å². The Morgan fingerprint density at radius 3 is 2.17 bits per heavy atom. The summed E-state index contributed by atoms with van der Waals surface area (Å²) in [5, 5.41) is 15.0. The number of sulfonamides is 1. The van der Waals surface area contributed by atoms with Gasteiger partial charge in [0.05, 0.1) is 33.9 Å². The van der Waals surface area contributed by atoms with Crippen molar-refractivity contribution in [3.8, 4) is 16.9 Å². The zero-order valence-corrected chi connectivity index (χ0v) is 26.0. The highest BCUT2D eigenvalue weighted by Crippen LogP contribution is 2.33. The molecule has 5 rings (SSSR count). The molecule has 1 aromatic heterocycles. The third-order valence-electron chi connectivity index (χ3n) is 7.08. The first-order valence-electron chi connectivity index (χ1n) is 14.0. The Morgan fingerprint density at radius 1 is 0.979 bits per heavy atom. The molecule has 2 heterocycles. The zero-order valence-electron chi connectivity index (χ0n) is 25.2. The number of carbonyl (C=O) groups is 3. The van der Waals surface area contributed by atoms with Crippen molar-refractivity contribution in [3.63, 3.8) is 0 Å². The van der Waals surface area contributed by atoms with Gasteiger partial charge in [0.1, 0.15) is 6.61 Å². The predicted molar refractivity (Wildman–Crippen MR) is 160 cm³/mol. The molecular formula is C30H27F3N6O8S. The van der Waals surface area contributed by atoms with Crippen LogP contribution < -0.4 is 4.72 Å². The Bertz CT molecular complexity index is 1920. The smallest absolute Gasteiger partial charge is 0.435 e. The SMILES string of the molecule is Cc1ccc(-c2cc(C(F)(F)F)nn2-c2ccc(S(=O)(=O)NC(=O)OCCN(C)N(O)OCN3C(=O)c4ccccc4C3=O)cc2)cc1. The van der Waals surface area contributed by atoms with Crippen molar-refractivity contribution in [1.29, 1.82) is 0 Å². The van der Waals surface area contributed by atoms with Gasteiger partial charge in [-0.15, -0.1) is 0 Å². The number of nitrogens with zero attached hydrogens (tertiary/aromatic N) is 5. The minimum absolute atomic E-state index is 0.125. The third kappa shape index (κ3) is 7.37. The van der Waals surface area contributed by atoms with Crippen LogP contribution in [0, 0.1) is 6.92 Å². The maximum Gasteiger partial charge on any atom is 0.435 e. The van der Waals surface area contributed by atoms with Gasteiger partial charge in [-0.2, -0.15) is 23.3 Å². The number of benzene rings is 3. The van der Waals surface area contributed by atoms with E-state index in [4.69, 9.17) is 9.57 Å². The Labute approximate surface area is 271 Å². The van der Waals surface area contributed by atoms with Crippen molar-refractivity contribution in [3.05, 3.63) is 101 Å². The zero-order chi connectivity index (χ0) is 34.8. The minimum Gasteiger partial charge on any atom is -0.447 e. The Balaban J connectivity index is 1.15. The molecule has 0 aliphatic carbocycles. The summed E-state index contributed by atoms with van der Waals surface area (Å²) in [4.78, 5) is 42.5. The molecule has 18 heteroatoms. The van der Waals surface area contributed by atoms with Gasteiger partial charge in [0, 0.05) is 17.9 Å². The molecule has 48 heavy (non-hydrogen) atoms. The van der Waals surface area contributed by atoms with E-state index in [2.05, 4.69) is 5.10 Å². The van der Waals surface area contributed by atoms with Gasteiger partial charge in [-0.3, -0.25) is 14.8 Å². The molecule has 0 saturated heterocycles. The number of ether oxygens (including phenoxy) is 1. The number of hydrogen-bond donors (Lipinski definition) is 2. The van der Waals surface area contributed by atoms with Crippen molar-refractivity contribution in [2.45, 2.75) is 18.0 Å². The fraction of sp³-hybridized carbons (Fsp3) is 0.200. The summed E-state index contributed by atoms with van der Waals surface area (Å²) < 4.78 is 73.7. The fourth-order valence-electron chi connectivity index (χ4n) is 4.53. The number of aryl methyl sites for hydroxylation is 1. The van der Waals surface area contributed by atoms with E-state index < -0.39 is 53.1 Å². The molecule has 0 spiro atoms. The van der Waals surface area contributed by atoms with E-state index in [1.807, 2.05) is 6.92 Å². The highest BCUT2D eigenvalue weighted by Gasteiger charge is 2.36. The normalized spacial score (nSPS) is 13.4. The number of halogens is 3. The molecule has 3 amide bonds. The van der Waals surface area contributed by atoms with Crippen LogP contribution in [0.1, 0.15) is 32.0 Å². The van der Waals surface area contributed by atoms with E-state index in [-0.39, 0.29) is 39.3 Å². The van der Waals surface area contributed by atoms with E-state index >= 15 is 0 Å². The summed E-state index contributed by atoms with van der Waals surface area (Å²) in [6.07, 6.45) is -6.08. The largest absolute Gasteiger partial charge is 0.447 e. The standard InChI is InChI=1S/C30H27F3N6O8S/c1-19-7-9-20(10-8-19)25-17-26(30(31,32)33)34-38(25)21-11-13-22(14-12-21)48(44,45)35-29(42)46-16-15-36(2)39(43)47-18-37-27(40)23-5-3-4-6-24(23)28(37)41/h3-14,17,43H,15-16,18H2,1-2H3,(H,35,42). The van der Waals surface area contributed by atoms with E-state index in [0.717, 1.165) is 38.4 Å². The molecular weight excluding hydrogens is 661 g/mol. The molecule has 4 aromatic rings. The molecule has 0 saturated carbocycles. The number of imide groups is 1. The van der Waals surface area contributed by atoms with Gasteiger partial charge >= 0.3 is 12.3 Å². The van der Waals surface area contributed by atoms with Crippen LogP contribution in [-0.4, -0.2) is 83.5 Å². The highest BCUT2D eigenvalue weighted by molar-refractivity contribution is 7.90. The molecule has 1 aliphatic rings. The number of rotatable bonds is 11. The number of fused-ring (bicyclic) bond motifs is 1. The maximum absolute atomic E-state index is 13.5. The first-order valence-corrected chi connectivity index (χ1v) is 15.5. The Morgan fingerprint density at radius 2 is 1.58 bits per heavy atom. The number of amides is 3. The van der Waals surface area contributed by atoms with Crippen molar-refractivity contribution in [2.75, 3.05) is 26.9 Å². The number of alkyl halides is 3. The van der Waals surface area contributed by atoms with Gasteiger partial charge in [0.15, 0.2) is 12.4 Å². The quantitative estimate of drug-likeness (QED) is 0.173. The second-order valence-corrected chi connectivity index (χ2v) is 12.1. The summed E-state index contributed by atoms with van der Waals surface area (Å²) in [6, 6.07) is 18.4. The van der Waals surface area contributed by atoms with Crippen LogP contribution >= 0.6 is 0 Å².